The van der Waals surface area contributed by atoms with Crippen LogP contribution in [-0.4, -0.2) is 24.1 Å². The number of nitrogens with one attached hydrogen (secondary N) is 1. The monoisotopic (exact) mass is 214 g/mol. The lowest BCUT2D eigenvalue weighted by molar-refractivity contribution is -0.134. The molecule has 5 N–H and O–H groups in total. The molecule has 0 bridgehead atoms. The molecule has 0 aromatic rings. The summed E-state index contributed by atoms with van der Waals surface area (Å²) in [6.45, 7) is 4.85. The van der Waals surface area contributed by atoms with Gasteiger partial charge in [-0.05, 0) is 20.8 Å². The van der Waals surface area contributed by atoms with Crippen molar-refractivity contribution in [3.8, 4) is 0 Å². The number of nitrogens with zero attached hydrogens (tertiary/aromatic N) is 1. The number of carbonyl (C=O) groups is 2. The second kappa shape index (κ2) is 5.33. The smallest absolute Gasteiger partial charge is 0.233 e. The van der Waals surface area contributed by atoms with Gasteiger partial charge in [-0.15, -0.1) is 0 Å². The summed E-state index contributed by atoms with van der Waals surface area (Å²) in [6.07, 6.45) is 0.965. The van der Waals surface area contributed by atoms with E-state index in [1.165, 1.54) is 0 Å². The standard InChI is InChI=1S/C9H18N4O2/c1-6(4-7(10)13-11)12-8(15)9(2,3)5-14/h5-6H,4,11H2,1-3H3,(H2,10,13)(H,12,15). The molecule has 0 aliphatic carbocycles. The molecule has 1 amide bonds. The van der Waals surface area contributed by atoms with Gasteiger partial charge in [0.15, 0.2) is 0 Å². The summed E-state index contributed by atoms with van der Waals surface area (Å²) >= 11 is 0. The van der Waals surface area contributed by atoms with Crippen molar-refractivity contribution in [3.63, 3.8) is 0 Å². The van der Waals surface area contributed by atoms with Crippen LogP contribution in [0.4, 0.5) is 0 Å². The molecule has 0 radical (unpaired) electrons. The van der Waals surface area contributed by atoms with Gasteiger partial charge in [0.2, 0.25) is 5.91 Å². The number of carbonyl (C=O) groups excluding carboxylic acids is 2. The average molecular weight is 214 g/mol. The molecule has 0 spiro atoms. The van der Waals surface area contributed by atoms with Crippen LogP contribution in [0.25, 0.3) is 0 Å². The Morgan fingerprint density at radius 1 is 1.60 bits per heavy atom. The van der Waals surface area contributed by atoms with E-state index < -0.39 is 5.41 Å². The summed E-state index contributed by atoms with van der Waals surface area (Å²) < 4.78 is 0. The highest BCUT2D eigenvalue weighted by Gasteiger charge is 2.27. The van der Waals surface area contributed by atoms with Crippen LogP contribution < -0.4 is 16.9 Å². The maximum Gasteiger partial charge on any atom is 0.233 e. The minimum atomic E-state index is -1.02. The van der Waals surface area contributed by atoms with E-state index >= 15 is 0 Å². The van der Waals surface area contributed by atoms with E-state index in [1.54, 1.807) is 20.8 Å². The normalized spacial score (nSPS) is 14.5. The molecule has 0 saturated heterocycles. The highest BCUT2D eigenvalue weighted by molar-refractivity contribution is 5.96. The van der Waals surface area contributed by atoms with E-state index in [0.29, 0.717) is 12.7 Å². The molecular formula is C9H18N4O2. The number of amidine groups is 1. The molecule has 86 valence electrons. The molecular weight excluding hydrogens is 196 g/mol. The van der Waals surface area contributed by atoms with Crippen molar-refractivity contribution in [2.75, 3.05) is 0 Å². The fourth-order valence-electron chi connectivity index (χ4n) is 0.881. The van der Waals surface area contributed by atoms with Crippen LogP contribution in [0.1, 0.15) is 27.2 Å². The van der Waals surface area contributed by atoms with Gasteiger partial charge in [-0.2, -0.15) is 5.10 Å². The molecule has 15 heavy (non-hydrogen) atoms. The largest absolute Gasteiger partial charge is 0.386 e. The molecule has 0 aromatic carbocycles. The van der Waals surface area contributed by atoms with Gasteiger partial charge >= 0.3 is 0 Å². The summed E-state index contributed by atoms with van der Waals surface area (Å²) in [7, 11) is 0. The van der Waals surface area contributed by atoms with Gasteiger partial charge in [0.05, 0.1) is 5.41 Å². The first-order chi connectivity index (χ1) is 6.83. The maximum atomic E-state index is 11.5. The fraction of sp³-hybridized carbons (Fsp3) is 0.667. The molecule has 0 saturated carbocycles. The van der Waals surface area contributed by atoms with Gasteiger partial charge in [0.25, 0.3) is 0 Å². The predicted octanol–water partition coefficient (Wildman–Crippen LogP) is -0.663. The van der Waals surface area contributed by atoms with E-state index in [-0.39, 0.29) is 17.8 Å². The van der Waals surface area contributed by atoms with Crippen molar-refractivity contribution < 1.29 is 9.59 Å². The second-order valence-electron chi connectivity index (χ2n) is 4.04. The second-order valence-corrected chi connectivity index (χ2v) is 4.04. The van der Waals surface area contributed by atoms with E-state index in [2.05, 4.69) is 10.4 Å². The zero-order valence-electron chi connectivity index (χ0n) is 9.28. The number of aldehydes is 1. The van der Waals surface area contributed by atoms with Crippen LogP contribution in [0.3, 0.4) is 0 Å². The van der Waals surface area contributed by atoms with E-state index in [0.717, 1.165) is 0 Å². The zero-order chi connectivity index (χ0) is 12.1. The molecule has 0 aliphatic rings. The summed E-state index contributed by atoms with van der Waals surface area (Å²) in [5.74, 6) is 4.88. The van der Waals surface area contributed by atoms with Crippen LogP contribution >= 0.6 is 0 Å². The predicted molar refractivity (Wildman–Crippen MR) is 57.9 cm³/mol. The first-order valence-corrected chi connectivity index (χ1v) is 4.63. The van der Waals surface area contributed by atoms with Gasteiger partial charge in [-0.3, -0.25) is 4.79 Å². The zero-order valence-corrected chi connectivity index (χ0v) is 9.28. The van der Waals surface area contributed by atoms with Crippen LogP contribution in [0.15, 0.2) is 5.10 Å². The molecule has 0 aliphatic heterocycles. The summed E-state index contributed by atoms with van der Waals surface area (Å²) in [5.41, 5.74) is 4.37. The number of rotatable bonds is 5. The van der Waals surface area contributed by atoms with E-state index in [9.17, 15) is 9.59 Å². The molecule has 6 heteroatoms. The Labute approximate surface area is 89.1 Å². The van der Waals surface area contributed by atoms with Gasteiger partial charge in [-0.25, -0.2) is 0 Å². The molecule has 6 nitrogen and oxygen atoms in total. The Morgan fingerprint density at radius 3 is 2.53 bits per heavy atom. The summed E-state index contributed by atoms with van der Waals surface area (Å²) in [5, 5.41) is 5.94. The third kappa shape index (κ3) is 4.44. The van der Waals surface area contributed by atoms with E-state index in [1.807, 2.05) is 0 Å². The Morgan fingerprint density at radius 2 is 2.13 bits per heavy atom. The minimum absolute atomic E-state index is 0.205. The third-order valence-corrected chi connectivity index (χ3v) is 1.94. The van der Waals surface area contributed by atoms with Crippen molar-refractivity contribution in [2.45, 2.75) is 33.2 Å². The average Bonchev–Trinajstić information content (AvgIpc) is 2.17. The number of hydrogen-bond acceptors (Lipinski definition) is 4. The van der Waals surface area contributed by atoms with Gasteiger partial charge < -0.3 is 21.7 Å². The van der Waals surface area contributed by atoms with Crippen LogP contribution in [0.5, 0.6) is 0 Å². The van der Waals surface area contributed by atoms with Gasteiger partial charge in [0.1, 0.15) is 12.1 Å². The van der Waals surface area contributed by atoms with Gasteiger partial charge in [-0.1, -0.05) is 0 Å². The first-order valence-electron chi connectivity index (χ1n) is 4.63. The molecule has 1 atom stereocenters. The highest BCUT2D eigenvalue weighted by atomic mass is 16.2. The molecule has 0 rings (SSSR count). The summed E-state index contributed by atoms with van der Waals surface area (Å²) in [6, 6.07) is -0.205. The Bertz CT molecular complexity index is 273. The number of amides is 1. The lowest BCUT2D eigenvalue weighted by atomic mass is 9.94. The van der Waals surface area contributed by atoms with Crippen molar-refractivity contribution in [1.29, 1.82) is 0 Å². The topological polar surface area (TPSA) is 111 Å². The van der Waals surface area contributed by atoms with Crippen LogP contribution in [0, 0.1) is 5.41 Å². The molecule has 0 fully saturated rings. The Kier molecular flexibility index (Phi) is 4.77. The van der Waals surface area contributed by atoms with Crippen molar-refractivity contribution in [2.24, 2.45) is 22.1 Å². The van der Waals surface area contributed by atoms with Crippen molar-refractivity contribution in [1.82, 2.24) is 5.32 Å². The Hall–Kier alpha value is -1.59. The SMILES string of the molecule is CC(C/C(N)=N/N)NC(=O)C(C)(C)C=O. The first kappa shape index (κ1) is 13.4. The lowest BCUT2D eigenvalue weighted by Crippen LogP contribution is -2.43. The van der Waals surface area contributed by atoms with E-state index in [4.69, 9.17) is 11.6 Å². The Balaban J connectivity index is 4.25. The maximum absolute atomic E-state index is 11.5. The van der Waals surface area contributed by atoms with Crippen LogP contribution in [0.2, 0.25) is 0 Å². The van der Waals surface area contributed by atoms with Crippen molar-refractivity contribution in [3.05, 3.63) is 0 Å². The number of nitrogens with two attached hydrogens (primary N) is 2. The van der Waals surface area contributed by atoms with Crippen LogP contribution in [-0.2, 0) is 9.59 Å². The van der Waals surface area contributed by atoms with Crippen molar-refractivity contribution >= 4 is 18.0 Å². The number of hydrogen-bond donors (Lipinski definition) is 3. The molecule has 0 aromatic heterocycles. The minimum Gasteiger partial charge on any atom is -0.386 e. The summed E-state index contributed by atoms with van der Waals surface area (Å²) in [4.78, 5) is 22.1. The quantitative estimate of drug-likeness (QED) is 0.141. The third-order valence-electron chi connectivity index (χ3n) is 1.94. The van der Waals surface area contributed by atoms with Gasteiger partial charge in [0, 0.05) is 12.5 Å². The fourth-order valence-corrected chi connectivity index (χ4v) is 0.881. The molecule has 0 heterocycles. The number of hydrazone groups is 1. The highest BCUT2D eigenvalue weighted by Crippen LogP contribution is 2.11. The lowest BCUT2D eigenvalue weighted by Gasteiger charge is -2.20. The molecule has 1 unspecified atom stereocenters.